The van der Waals surface area contributed by atoms with Gasteiger partial charge in [0.2, 0.25) is 11.8 Å². The van der Waals surface area contributed by atoms with Crippen LogP contribution in [0.1, 0.15) is 31.2 Å². The quantitative estimate of drug-likeness (QED) is 0.724. The maximum atomic E-state index is 12.6. The molecule has 2 fully saturated rings. The van der Waals surface area contributed by atoms with Crippen molar-refractivity contribution in [2.45, 2.75) is 37.1 Å². The van der Waals surface area contributed by atoms with Gasteiger partial charge in [-0.2, -0.15) is 0 Å². The van der Waals surface area contributed by atoms with Gasteiger partial charge in [0.05, 0.1) is 0 Å². The number of hydrogen-bond donors (Lipinski definition) is 3. The molecule has 1 aromatic rings. The summed E-state index contributed by atoms with van der Waals surface area (Å²) in [5, 5.41) is 7.87. The van der Waals surface area contributed by atoms with E-state index in [9.17, 15) is 14.4 Å². The van der Waals surface area contributed by atoms with Crippen LogP contribution < -0.4 is 16.0 Å². The van der Waals surface area contributed by atoms with Crippen molar-refractivity contribution in [3.63, 3.8) is 0 Å². The van der Waals surface area contributed by atoms with Crippen molar-refractivity contribution in [1.82, 2.24) is 16.0 Å². The SMILES string of the molecule is Cl.O=C1NC(=O)C(CC2CCCCN2)(c2ccccc2)C(=O)N1. The summed E-state index contributed by atoms with van der Waals surface area (Å²) >= 11 is 0. The Labute approximate surface area is 140 Å². The molecule has 0 aliphatic carbocycles. The third kappa shape index (κ3) is 3.23. The molecule has 23 heavy (non-hydrogen) atoms. The van der Waals surface area contributed by atoms with Gasteiger partial charge in [-0.25, -0.2) is 4.79 Å². The molecule has 1 aromatic carbocycles. The molecule has 0 aromatic heterocycles. The van der Waals surface area contributed by atoms with Gasteiger partial charge < -0.3 is 5.32 Å². The van der Waals surface area contributed by atoms with Crippen molar-refractivity contribution in [1.29, 1.82) is 0 Å². The molecule has 7 heteroatoms. The van der Waals surface area contributed by atoms with Crippen molar-refractivity contribution in [2.75, 3.05) is 6.54 Å². The van der Waals surface area contributed by atoms with Crippen LogP contribution in [0.25, 0.3) is 0 Å². The summed E-state index contributed by atoms with van der Waals surface area (Å²) in [6.45, 7) is 0.887. The lowest BCUT2D eigenvalue weighted by atomic mass is 9.72. The topological polar surface area (TPSA) is 87.3 Å². The van der Waals surface area contributed by atoms with Gasteiger partial charge >= 0.3 is 6.03 Å². The molecule has 2 saturated heterocycles. The number of rotatable bonds is 3. The average Bonchev–Trinajstić information content (AvgIpc) is 2.53. The van der Waals surface area contributed by atoms with Gasteiger partial charge in [0, 0.05) is 6.04 Å². The third-order valence-electron chi connectivity index (χ3n) is 4.46. The van der Waals surface area contributed by atoms with E-state index in [4.69, 9.17) is 0 Å². The smallest absolute Gasteiger partial charge is 0.314 e. The molecule has 4 amide bonds. The zero-order chi connectivity index (χ0) is 15.6. The van der Waals surface area contributed by atoms with Crippen LogP contribution >= 0.6 is 12.4 Å². The van der Waals surface area contributed by atoms with E-state index in [1.165, 1.54) is 0 Å². The third-order valence-corrected chi connectivity index (χ3v) is 4.46. The number of carbonyl (C=O) groups is 3. The molecule has 2 aliphatic heterocycles. The Morgan fingerprint density at radius 2 is 1.65 bits per heavy atom. The zero-order valence-electron chi connectivity index (χ0n) is 12.6. The van der Waals surface area contributed by atoms with Crippen molar-refractivity contribution < 1.29 is 14.4 Å². The molecule has 2 aliphatic rings. The van der Waals surface area contributed by atoms with E-state index < -0.39 is 23.3 Å². The van der Waals surface area contributed by atoms with Crippen LogP contribution in [0.4, 0.5) is 4.79 Å². The number of carbonyl (C=O) groups excluding carboxylic acids is 3. The molecule has 124 valence electrons. The van der Waals surface area contributed by atoms with Gasteiger partial charge in [-0.05, 0) is 31.4 Å². The molecule has 1 unspecified atom stereocenters. The standard InChI is InChI=1S/C16H19N3O3.ClH/c20-13-16(11-6-2-1-3-7-11,14(21)19-15(22)18-13)10-12-8-4-5-9-17-12;/h1-3,6-7,12,17H,4-5,8-10H2,(H2,18,19,20,21,22);1H. The van der Waals surface area contributed by atoms with Crippen LogP contribution in [0.3, 0.4) is 0 Å². The van der Waals surface area contributed by atoms with Gasteiger partial charge in [0.25, 0.3) is 0 Å². The Morgan fingerprint density at radius 3 is 2.22 bits per heavy atom. The van der Waals surface area contributed by atoms with E-state index in [2.05, 4.69) is 16.0 Å². The number of halogens is 1. The Balaban J connectivity index is 0.00000192. The highest BCUT2D eigenvalue weighted by molar-refractivity contribution is 6.22. The predicted octanol–water partition coefficient (Wildman–Crippen LogP) is 1.24. The predicted molar refractivity (Wildman–Crippen MR) is 87.3 cm³/mol. The highest BCUT2D eigenvalue weighted by Gasteiger charge is 2.52. The molecule has 0 spiro atoms. The molecular weight excluding hydrogens is 318 g/mol. The van der Waals surface area contributed by atoms with Crippen molar-refractivity contribution in [3.8, 4) is 0 Å². The first-order valence-electron chi connectivity index (χ1n) is 7.59. The molecule has 3 rings (SSSR count). The summed E-state index contributed by atoms with van der Waals surface area (Å²) in [6.07, 6.45) is 3.45. The number of imide groups is 2. The minimum atomic E-state index is -1.36. The fourth-order valence-electron chi connectivity index (χ4n) is 3.31. The number of hydrogen-bond acceptors (Lipinski definition) is 4. The number of nitrogens with one attached hydrogen (secondary N) is 3. The number of amides is 4. The van der Waals surface area contributed by atoms with Gasteiger partial charge in [0.1, 0.15) is 0 Å². The zero-order valence-corrected chi connectivity index (χ0v) is 13.4. The van der Waals surface area contributed by atoms with E-state index in [-0.39, 0.29) is 18.4 Å². The van der Waals surface area contributed by atoms with Crippen molar-refractivity contribution >= 4 is 30.3 Å². The van der Waals surface area contributed by atoms with Crippen LogP contribution in [0.2, 0.25) is 0 Å². The fourth-order valence-corrected chi connectivity index (χ4v) is 3.31. The summed E-state index contributed by atoms with van der Waals surface area (Å²) < 4.78 is 0. The summed E-state index contributed by atoms with van der Waals surface area (Å²) in [6, 6.07) is 8.27. The highest BCUT2D eigenvalue weighted by atomic mass is 35.5. The first-order chi connectivity index (χ1) is 10.6. The highest BCUT2D eigenvalue weighted by Crippen LogP contribution is 2.33. The normalized spacial score (nSPS) is 23.5. The minimum absolute atomic E-state index is 0. The van der Waals surface area contributed by atoms with E-state index >= 15 is 0 Å². The summed E-state index contributed by atoms with van der Waals surface area (Å²) in [5.41, 5.74) is -0.741. The molecule has 1 atom stereocenters. The maximum absolute atomic E-state index is 12.6. The molecule has 3 N–H and O–H groups in total. The average molecular weight is 338 g/mol. The number of benzene rings is 1. The van der Waals surface area contributed by atoms with Crippen LogP contribution in [0.15, 0.2) is 30.3 Å². The van der Waals surface area contributed by atoms with Gasteiger partial charge in [-0.3, -0.25) is 20.2 Å². The summed E-state index contributed by atoms with van der Waals surface area (Å²) in [7, 11) is 0. The lowest BCUT2D eigenvalue weighted by Gasteiger charge is -2.38. The first-order valence-corrected chi connectivity index (χ1v) is 7.59. The second kappa shape index (κ2) is 7.10. The van der Waals surface area contributed by atoms with Gasteiger partial charge in [-0.1, -0.05) is 36.8 Å². The lowest BCUT2D eigenvalue weighted by molar-refractivity contribution is -0.139. The summed E-state index contributed by atoms with van der Waals surface area (Å²) in [5.74, 6) is -1.08. The monoisotopic (exact) mass is 337 g/mol. The Morgan fingerprint density at radius 1 is 1.00 bits per heavy atom. The second-order valence-electron chi connectivity index (χ2n) is 5.86. The van der Waals surface area contributed by atoms with Crippen LogP contribution in [-0.4, -0.2) is 30.4 Å². The van der Waals surface area contributed by atoms with Crippen LogP contribution in [0.5, 0.6) is 0 Å². The van der Waals surface area contributed by atoms with Crippen molar-refractivity contribution in [2.24, 2.45) is 0 Å². The lowest BCUT2D eigenvalue weighted by Crippen LogP contribution is -2.66. The number of urea groups is 1. The van der Waals surface area contributed by atoms with Crippen LogP contribution in [-0.2, 0) is 15.0 Å². The maximum Gasteiger partial charge on any atom is 0.328 e. The van der Waals surface area contributed by atoms with E-state index in [1.807, 2.05) is 6.07 Å². The summed E-state index contributed by atoms with van der Waals surface area (Å²) in [4.78, 5) is 36.6. The fraction of sp³-hybridized carbons (Fsp3) is 0.438. The number of piperidine rings is 1. The van der Waals surface area contributed by atoms with Gasteiger partial charge in [0.15, 0.2) is 5.41 Å². The molecular formula is C16H20ClN3O3. The molecule has 6 nitrogen and oxygen atoms in total. The second-order valence-corrected chi connectivity index (χ2v) is 5.86. The first kappa shape index (κ1) is 17.4. The minimum Gasteiger partial charge on any atom is -0.314 e. The number of barbiturate groups is 1. The Kier molecular flexibility index (Phi) is 5.38. The van der Waals surface area contributed by atoms with E-state index in [0.717, 1.165) is 25.8 Å². The molecule has 2 heterocycles. The van der Waals surface area contributed by atoms with E-state index in [0.29, 0.717) is 12.0 Å². The molecule has 0 bridgehead atoms. The Hall–Kier alpha value is -1.92. The van der Waals surface area contributed by atoms with Crippen molar-refractivity contribution in [3.05, 3.63) is 35.9 Å². The molecule has 0 saturated carbocycles. The molecule has 0 radical (unpaired) electrons. The van der Waals surface area contributed by atoms with Crippen LogP contribution in [0, 0.1) is 0 Å². The van der Waals surface area contributed by atoms with Gasteiger partial charge in [-0.15, -0.1) is 12.4 Å². The Bertz CT molecular complexity index is 580. The largest absolute Gasteiger partial charge is 0.328 e. The van der Waals surface area contributed by atoms with E-state index in [1.54, 1.807) is 24.3 Å².